The summed E-state index contributed by atoms with van der Waals surface area (Å²) < 4.78 is 13.5. The number of hydrogen-bond donors (Lipinski definition) is 0. The maximum Gasteiger partial charge on any atom is 0.227 e. The molecule has 1 atom stereocenters. The van der Waals surface area contributed by atoms with Crippen molar-refractivity contribution < 1.29 is 14.0 Å². The van der Waals surface area contributed by atoms with Gasteiger partial charge in [0.25, 0.3) is 0 Å². The van der Waals surface area contributed by atoms with E-state index in [0.717, 1.165) is 6.42 Å². The van der Waals surface area contributed by atoms with E-state index in [0.29, 0.717) is 25.1 Å². The van der Waals surface area contributed by atoms with Gasteiger partial charge in [-0.05, 0) is 18.1 Å². The number of ketones is 1. The molecule has 1 aromatic rings. The number of carbonyl (C=O) groups is 2. The number of benzene rings is 1. The van der Waals surface area contributed by atoms with Crippen molar-refractivity contribution in [3.05, 3.63) is 35.6 Å². The van der Waals surface area contributed by atoms with E-state index in [1.54, 1.807) is 23.1 Å². The Morgan fingerprint density at radius 3 is 2.84 bits per heavy atom. The highest BCUT2D eigenvalue weighted by Crippen LogP contribution is 2.17. The second kappa shape index (κ2) is 5.95. The van der Waals surface area contributed by atoms with Crippen LogP contribution in [0.2, 0.25) is 0 Å². The van der Waals surface area contributed by atoms with E-state index in [1.807, 2.05) is 6.92 Å². The van der Waals surface area contributed by atoms with Crippen LogP contribution < -0.4 is 0 Å². The fraction of sp³-hybridized carbons (Fsp3) is 0.467. The first-order chi connectivity index (χ1) is 9.11. The summed E-state index contributed by atoms with van der Waals surface area (Å²) in [5.74, 6) is -0.275. The number of likely N-dealkylation sites (tertiary alicyclic amines) is 1. The molecular formula is C15H18FNO2. The van der Waals surface area contributed by atoms with Gasteiger partial charge in [0.15, 0.2) is 0 Å². The van der Waals surface area contributed by atoms with Crippen molar-refractivity contribution in [2.75, 3.05) is 13.1 Å². The standard InChI is InChI=1S/C15H18FNO2/c1-2-11-10-17(8-7-14(11)18)15(19)9-12-5-3-4-6-13(12)16/h3-6,11H,2,7-10H2,1H3. The number of halogens is 1. The fourth-order valence-electron chi connectivity index (χ4n) is 2.41. The maximum atomic E-state index is 13.5. The van der Waals surface area contributed by atoms with Crippen LogP contribution in [-0.4, -0.2) is 29.7 Å². The minimum atomic E-state index is -0.351. The number of Topliss-reactive ketones (excluding diaryl/α,β-unsaturated/α-hetero) is 1. The predicted molar refractivity (Wildman–Crippen MR) is 70.1 cm³/mol. The molecule has 3 nitrogen and oxygen atoms in total. The summed E-state index contributed by atoms with van der Waals surface area (Å²) in [6.45, 7) is 2.89. The van der Waals surface area contributed by atoms with Gasteiger partial charge < -0.3 is 4.90 Å². The Labute approximate surface area is 112 Å². The molecule has 1 aromatic carbocycles. The third kappa shape index (κ3) is 3.19. The van der Waals surface area contributed by atoms with Gasteiger partial charge >= 0.3 is 0 Å². The molecule has 1 saturated heterocycles. The Balaban J connectivity index is 2.01. The molecule has 19 heavy (non-hydrogen) atoms. The van der Waals surface area contributed by atoms with E-state index >= 15 is 0 Å². The molecule has 1 aliphatic rings. The molecular weight excluding hydrogens is 245 g/mol. The molecule has 1 heterocycles. The van der Waals surface area contributed by atoms with Crippen molar-refractivity contribution in [1.82, 2.24) is 4.90 Å². The van der Waals surface area contributed by atoms with Gasteiger partial charge in [-0.15, -0.1) is 0 Å². The Morgan fingerprint density at radius 2 is 2.16 bits per heavy atom. The lowest BCUT2D eigenvalue weighted by atomic mass is 9.93. The second-order valence-electron chi connectivity index (χ2n) is 4.93. The largest absolute Gasteiger partial charge is 0.341 e. The van der Waals surface area contributed by atoms with Crippen molar-refractivity contribution in [3.8, 4) is 0 Å². The van der Waals surface area contributed by atoms with E-state index in [2.05, 4.69) is 0 Å². The second-order valence-corrected chi connectivity index (χ2v) is 4.93. The normalized spacial score (nSPS) is 19.6. The molecule has 1 fully saturated rings. The number of amides is 1. The third-order valence-electron chi connectivity index (χ3n) is 3.67. The van der Waals surface area contributed by atoms with Crippen molar-refractivity contribution >= 4 is 11.7 Å². The van der Waals surface area contributed by atoms with Crippen molar-refractivity contribution in [2.45, 2.75) is 26.2 Å². The molecule has 0 N–H and O–H groups in total. The van der Waals surface area contributed by atoms with E-state index in [4.69, 9.17) is 0 Å². The van der Waals surface area contributed by atoms with Crippen LogP contribution >= 0.6 is 0 Å². The molecule has 1 aliphatic heterocycles. The zero-order chi connectivity index (χ0) is 13.8. The van der Waals surface area contributed by atoms with Gasteiger partial charge in [0, 0.05) is 25.4 Å². The van der Waals surface area contributed by atoms with Crippen LogP contribution in [0.5, 0.6) is 0 Å². The average molecular weight is 263 g/mol. The molecule has 102 valence electrons. The summed E-state index contributed by atoms with van der Waals surface area (Å²) in [6.07, 6.45) is 1.24. The van der Waals surface area contributed by atoms with E-state index in [1.165, 1.54) is 6.07 Å². The number of nitrogens with zero attached hydrogens (tertiary/aromatic N) is 1. The SMILES string of the molecule is CCC1CN(C(=O)Cc2ccccc2F)CCC1=O. The minimum Gasteiger partial charge on any atom is -0.341 e. The molecule has 0 aromatic heterocycles. The fourth-order valence-corrected chi connectivity index (χ4v) is 2.41. The molecule has 0 saturated carbocycles. The summed E-state index contributed by atoms with van der Waals surface area (Å²) in [4.78, 5) is 25.4. The third-order valence-corrected chi connectivity index (χ3v) is 3.67. The predicted octanol–water partition coefficient (Wildman–Crippen LogP) is 2.20. The van der Waals surface area contributed by atoms with Crippen LogP contribution in [0, 0.1) is 11.7 Å². The summed E-state index contributed by atoms with van der Waals surface area (Å²) in [6, 6.07) is 6.31. The van der Waals surface area contributed by atoms with E-state index < -0.39 is 0 Å². The van der Waals surface area contributed by atoms with Crippen LogP contribution in [0.25, 0.3) is 0 Å². The lowest BCUT2D eigenvalue weighted by Gasteiger charge is -2.31. The zero-order valence-corrected chi connectivity index (χ0v) is 11.1. The first-order valence-electron chi connectivity index (χ1n) is 6.65. The number of hydrogen-bond acceptors (Lipinski definition) is 2. The van der Waals surface area contributed by atoms with Crippen LogP contribution in [0.15, 0.2) is 24.3 Å². The van der Waals surface area contributed by atoms with Crippen LogP contribution in [0.4, 0.5) is 4.39 Å². The van der Waals surface area contributed by atoms with Crippen molar-refractivity contribution in [3.63, 3.8) is 0 Å². The first-order valence-corrected chi connectivity index (χ1v) is 6.65. The number of piperidine rings is 1. The summed E-state index contributed by atoms with van der Waals surface area (Å²) >= 11 is 0. The van der Waals surface area contributed by atoms with E-state index in [-0.39, 0.29) is 29.8 Å². The zero-order valence-electron chi connectivity index (χ0n) is 11.1. The average Bonchev–Trinajstić information content (AvgIpc) is 2.42. The Kier molecular flexibility index (Phi) is 4.30. The minimum absolute atomic E-state index is 0.0571. The Morgan fingerprint density at radius 1 is 1.42 bits per heavy atom. The van der Waals surface area contributed by atoms with Crippen LogP contribution in [-0.2, 0) is 16.0 Å². The van der Waals surface area contributed by atoms with Gasteiger partial charge in [-0.1, -0.05) is 25.1 Å². The summed E-state index contributed by atoms with van der Waals surface area (Å²) in [7, 11) is 0. The highest BCUT2D eigenvalue weighted by molar-refractivity contribution is 5.86. The van der Waals surface area contributed by atoms with Gasteiger partial charge in [-0.2, -0.15) is 0 Å². The van der Waals surface area contributed by atoms with Gasteiger partial charge in [0.2, 0.25) is 5.91 Å². The Bertz CT molecular complexity index is 487. The van der Waals surface area contributed by atoms with Gasteiger partial charge in [0.05, 0.1) is 6.42 Å². The van der Waals surface area contributed by atoms with Crippen molar-refractivity contribution in [1.29, 1.82) is 0 Å². The molecule has 1 unspecified atom stereocenters. The number of rotatable bonds is 3. The molecule has 0 spiro atoms. The topological polar surface area (TPSA) is 37.4 Å². The highest BCUT2D eigenvalue weighted by atomic mass is 19.1. The summed E-state index contributed by atoms with van der Waals surface area (Å²) in [5, 5.41) is 0. The smallest absolute Gasteiger partial charge is 0.227 e. The van der Waals surface area contributed by atoms with Crippen LogP contribution in [0.1, 0.15) is 25.3 Å². The molecule has 1 amide bonds. The Hall–Kier alpha value is -1.71. The molecule has 0 bridgehead atoms. The maximum absolute atomic E-state index is 13.5. The molecule has 4 heteroatoms. The van der Waals surface area contributed by atoms with E-state index in [9.17, 15) is 14.0 Å². The first kappa shape index (κ1) is 13.7. The monoisotopic (exact) mass is 263 g/mol. The van der Waals surface area contributed by atoms with Crippen LogP contribution in [0.3, 0.4) is 0 Å². The van der Waals surface area contributed by atoms with Gasteiger partial charge in [-0.3, -0.25) is 9.59 Å². The lowest BCUT2D eigenvalue weighted by molar-refractivity contribution is -0.136. The van der Waals surface area contributed by atoms with Gasteiger partial charge in [-0.25, -0.2) is 4.39 Å². The van der Waals surface area contributed by atoms with Gasteiger partial charge in [0.1, 0.15) is 11.6 Å². The number of carbonyl (C=O) groups excluding carboxylic acids is 2. The van der Waals surface area contributed by atoms with Crippen molar-refractivity contribution in [2.24, 2.45) is 5.92 Å². The summed E-state index contributed by atoms with van der Waals surface area (Å²) in [5.41, 5.74) is 0.414. The quantitative estimate of drug-likeness (QED) is 0.838. The molecule has 0 radical (unpaired) electrons. The molecule has 2 rings (SSSR count). The highest BCUT2D eigenvalue weighted by Gasteiger charge is 2.28. The lowest BCUT2D eigenvalue weighted by Crippen LogP contribution is -2.44. The molecule has 0 aliphatic carbocycles.